The molecule has 0 saturated carbocycles. The van der Waals surface area contributed by atoms with E-state index >= 15 is 0 Å². The fraction of sp³-hybridized carbons (Fsp3) is 0.333. The van der Waals surface area contributed by atoms with E-state index in [9.17, 15) is 5.11 Å². The third-order valence-electron chi connectivity index (χ3n) is 3.41. The van der Waals surface area contributed by atoms with Crippen LogP contribution in [0, 0.1) is 0 Å². The van der Waals surface area contributed by atoms with Gasteiger partial charge in [0.15, 0.2) is 0 Å². The summed E-state index contributed by atoms with van der Waals surface area (Å²) in [6.07, 6.45) is 3.20. The first-order valence-electron chi connectivity index (χ1n) is 7.14. The lowest BCUT2D eigenvalue weighted by molar-refractivity contribution is 0.385. The lowest BCUT2D eigenvalue weighted by Crippen LogP contribution is -2.10. The number of halogens is 1. The molecule has 0 aliphatic carbocycles. The zero-order valence-corrected chi connectivity index (χ0v) is 13.6. The van der Waals surface area contributed by atoms with Crippen LogP contribution in [-0.2, 0) is 19.4 Å². The molecule has 2 aromatic carbocycles. The molecular weight excluding hydrogens is 282 g/mol. The van der Waals surface area contributed by atoms with Crippen molar-refractivity contribution in [1.29, 1.82) is 0 Å². The number of nitrogens with zero attached hydrogens (tertiary/aromatic N) is 1. The van der Waals surface area contributed by atoms with Gasteiger partial charge < -0.3 is 10.0 Å². The Morgan fingerprint density at radius 1 is 0.905 bits per heavy atom. The van der Waals surface area contributed by atoms with Gasteiger partial charge in [-0.1, -0.05) is 42.5 Å². The summed E-state index contributed by atoms with van der Waals surface area (Å²) < 4.78 is 0. The van der Waals surface area contributed by atoms with E-state index in [2.05, 4.69) is 35.2 Å². The number of hydrogen-bond acceptors (Lipinski definition) is 2. The summed E-state index contributed by atoms with van der Waals surface area (Å²) in [7, 11) is 4.01. The molecule has 2 rings (SSSR count). The number of aromatic hydroxyl groups is 1. The maximum Gasteiger partial charge on any atom is 0.120 e. The normalized spacial score (nSPS) is 10.4. The second-order valence-corrected chi connectivity index (χ2v) is 5.54. The van der Waals surface area contributed by atoms with Crippen molar-refractivity contribution in [1.82, 2.24) is 4.90 Å². The number of phenols is 1. The minimum absolute atomic E-state index is 0. The van der Waals surface area contributed by atoms with Gasteiger partial charge in [0.25, 0.3) is 0 Å². The largest absolute Gasteiger partial charge is 0.508 e. The Balaban J connectivity index is 0.00000220. The molecule has 0 saturated heterocycles. The van der Waals surface area contributed by atoms with Crippen LogP contribution in [0.4, 0.5) is 0 Å². The van der Waals surface area contributed by atoms with Gasteiger partial charge in [0, 0.05) is 12.1 Å². The van der Waals surface area contributed by atoms with E-state index < -0.39 is 0 Å². The summed E-state index contributed by atoms with van der Waals surface area (Å²) in [4.78, 5) is 2.06. The van der Waals surface area contributed by atoms with Gasteiger partial charge in [-0.05, 0) is 50.6 Å². The first-order valence-corrected chi connectivity index (χ1v) is 7.14. The molecule has 0 heterocycles. The fourth-order valence-corrected chi connectivity index (χ4v) is 2.38. The second-order valence-electron chi connectivity index (χ2n) is 5.54. The highest BCUT2D eigenvalue weighted by Gasteiger charge is 2.04. The first-order chi connectivity index (χ1) is 9.65. The van der Waals surface area contributed by atoms with Crippen LogP contribution in [-0.4, -0.2) is 24.1 Å². The van der Waals surface area contributed by atoms with E-state index in [-0.39, 0.29) is 12.4 Å². The zero-order chi connectivity index (χ0) is 14.4. The third-order valence-corrected chi connectivity index (χ3v) is 3.41. The van der Waals surface area contributed by atoms with E-state index in [1.54, 1.807) is 0 Å². The summed E-state index contributed by atoms with van der Waals surface area (Å²) in [6.45, 7) is 0.774. The molecule has 2 nitrogen and oxygen atoms in total. The molecule has 0 fully saturated rings. The molecule has 0 aliphatic rings. The lowest BCUT2D eigenvalue weighted by Gasteiger charge is -2.12. The molecule has 0 aromatic heterocycles. The van der Waals surface area contributed by atoms with Crippen molar-refractivity contribution in [3.63, 3.8) is 0 Å². The molecule has 0 bridgehead atoms. The molecule has 0 radical (unpaired) electrons. The average Bonchev–Trinajstić information content (AvgIpc) is 2.43. The van der Waals surface area contributed by atoms with Crippen LogP contribution in [0.5, 0.6) is 5.75 Å². The first kappa shape index (κ1) is 17.5. The minimum atomic E-state index is 0. The van der Waals surface area contributed by atoms with E-state index in [1.165, 1.54) is 11.1 Å². The van der Waals surface area contributed by atoms with Crippen molar-refractivity contribution in [3.05, 3.63) is 65.2 Å². The predicted molar refractivity (Wildman–Crippen MR) is 91.2 cm³/mol. The highest BCUT2D eigenvalue weighted by molar-refractivity contribution is 5.85. The Morgan fingerprint density at radius 2 is 1.57 bits per heavy atom. The molecule has 0 atom stereocenters. The van der Waals surface area contributed by atoms with Crippen LogP contribution in [0.25, 0.3) is 0 Å². The lowest BCUT2D eigenvalue weighted by atomic mass is 10.0. The molecule has 2 aromatic rings. The van der Waals surface area contributed by atoms with Gasteiger partial charge in [0.1, 0.15) is 5.75 Å². The van der Waals surface area contributed by atoms with Crippen LogP contribution >= 0.6 is 12.4 Å². The standard InChI is InChI=1S/C18H23NO.ClH/c1-19(2)14-17-12-11-16(13-18(17)20)10-6-9-15-7-4-3-5-8-15;/h3-5,7-8,11-13,20H,6,9-10,14H2,1-2H3;1H. The van der Waals surface area contributed by atoms with E-state index in [4.69, 9.17) is 0 Å². The Morgan fingerprint density at radius 3 is 2.19 bits per heavy atom. The van der Waals surface area contributed by atoms with Gasteiger partial charge in [-0.2, -0.15) is 0 Å². The molecule has 0 amide bonds. The molecular formula is C18H24ClNO. The van der Waals surface area contributed by atoms with Gasteiger partial charge in [-0.25, -0.2) is 0 Å². The highest BCUT2D eigenvalue weighted by Crippen LogP contribution is 2.21. The van der Waals surface area contributed by atoms with Crippen molar-refractivity contribution in [2.45, 2.75) is 25.8 Å². The van der Waals surface area contributed by atoms with Crippen LogP contribution < -0.4 is 0 Å². The van der Waals surface area contributed by atoms with E-state index in [0.717, 1.165) is 31.4 Å². The van der Waals surface area contributed by atoms with Crippen LogP contribution in [0.2, 0.25) is 0 Å². The fourth-order valence-electron chi connectivity index (χ4n) is 2.38. The summed E-state index contributed by atoms with van der Waals surface area (Å²) in [5.41, 5.74) is 3.57. The van der Waals surface area contributed by atoms with Gasteiger partial charge in [0.05, 0.1) is 0 Å². The van der Waals surface area contributed by atoms with Crippen molar-refractivity contribution >= 4 is 12.4 Å². The van der Waals surface area contributed by atoms with Gasteiger partial charge in [-0.3, -0.25) is 0 Å². The molecule has 0 spiro atoms. The quantitative estimate of drug-likeness (QED) is 0.870. The maximum absolute atomic E-state index is 10.0. The summed E-state index contributed by atoms with van der Waals surface area (Å²) in [5, 5.41) is 10.0. The van der Waals surface area contributed by atoms with E-state index in [0.29, 0.717) is 5.75 Å². The molecule has 3 heteroatoms. The number of rotatable bonds is 6. The second kappa shape index (κ2) is 8.71. The Kier molecular flexibility index (Phi) is 7.27. The average molecular weight is 306 g/mol. The smallest absolute Gasteiger partial charge is 0.120 e. The van der Waals surface area contributed by atoms with Crippen molar-refractivity contribution in [2.75, 3.05) is 14.1 Å². The zero-order valence-electron chi connectivity index (χ0n) is 12.7. The molecule has 0 unspecified atom stereocenters. The number of aryl methyl sites for hydroxylation is 2. The number of benzene rings is 2. The summed E-state index contributed by atoms with van der Waals surface area (Å²) in [6, 6.07) is 16.6. The third kappa shape index (κ3) is 5.78. The predicted octanol–water partition coefficient (Wildman–Crippen LogP) is 4.05. The van der Waals surface area contributed by atoms with Crippen LogP contribution in [0.1, 0.15) is 23.1 Å². The molecule has 1 N–H and O–H groups in total. The highest BCUT2D eigenvalue weighted by atomic mass is 35.5. The van der Waals surface area contributed by atoms with Crippen molar-refractivity contribution in [3.8, 4) is 5.75 Å². The Labute approximate surface area is 133 Å². The monoisotopic (exact) mass is 305 g/mol. The minimum Gasteiger partial charge on any atom is -0.508 e. The van der Waals surface area contributed by atoms with Crippen molar-refractivity contribution < 1.29 is 5.11 Å². The maximum atomic E-state index is 10.0. The van der Waals surface area contributed by atoms with Gasteiger partial charge in [-0.15, -0.1) is 12.4 Å². The van der Waals surface area contributed by atoms with Gasteiger partial charge in [0.2, 0.25) is 0 Å². The molecule has 21 heavy (non-hydrogen) atoms. The molecule has 0 aliphatic heterocycles. The van der Waals surface area contributed by atoms with E-state index in [1.807, 2.05) is 32.3 Å². The Hall–Kier alpha value is -1.51. The topological polar surface area (TPSA) is 23.5 Å². The Bertz CT molecular complexity index is 540. The summed E-state index contributed by atoms with van der Waals surface area (Å²) in [5.74, 6) is 0.413. The van der Waals surface area contributed by atoms with Gasteiger partial charge >= 0.3 is 0 Å². The van der Waals surface area contributed by atoms with Crippen molar-refractivity contribution in [2.24, 2.45) is 0 Å². The summed E-state index contributed by atoms with van der Waals surface area (Å²) >= 11 is 0. The van der Waals surface area contributed by atoms with Crippen LogP contribution in [0.15, 0.2) is 48.5 Å². The molecule has 114 valence electrons. The van der Waals surface area contributed by atoms with Crippen LogP contribution in [0.3, 0.4) is 0 Å². The number of hydrogen-bond donors (Lipinski definition) is 1. The SMILES string of the molecule is CN(C)Cc1ccc(CCCc2ccccc2)cc1O.Cl. The number of phenolic OH excluding ortho intramolecular Hbond substituents is 1.